The molecular weight excluding hydrogens is 422 g/mol. The van der Waals surface area contributed by atoms with Gasteiger partial charge in [0.25, 0.3) is 5.56 Å². The number of nitrogens with one attached hydrogen (secondary N) is 1. The molecule has 8 heteroatoms. The molecule has 0 aliphatic heterocycles. The zero-order valence-corrected chi connectivity index (χ0v) is 16.3. The van der Waals surface area contributed by atoms with E-state index in [4.69, 9.17) is 0 Å². The summed E-state index contributed by atoms with van der Waals surface area (Å²) in [5.41, 5.74) is 2.71. The average molecular weight is 438 g/mol. The summed E-state index contributed by atoms with van der Waals surface area (Å²) < 4.78 is 3.98. The number of carbonyl (C=O) groups is 1. The number of amides is 1. The Morgan fingerprint density at radius 3 is 2.68 bits per heavy atom. The zero-order chi connectivity index (χ0) is 19.5. The Hall–Kier alpha value is -3.26. The van der Waals surface area contributed by atoms with E-state index < -0.39 is 0 Å². The second kappa shape index (κ2) is 7.77. The molecule has 3 aromatic heterocycles. The summed E-state index contributed by atoms with van der Waals surface area (Å²) in [6.45, 7) is 0.115. The normalized spacial score (nSPS) is 10.9. The summed E-state index contributed by atoms with van der Waals surface area (Å²) in [7, 11) is 0. The first kappa shape index (κ1) is 18.1. The van der Waals surface area contributed by atoms with Crippen molar-refractivity contribution in [2.24, 2.45) is 0 Å². The number of carbonyl (C=O) groups excluding carboxylic acids is 1. The summed E-state index contributed by atoms with van der Waals surface area (Å²) in [6.07, 6.45) is 3.74. The van der Waals surface area contributed by atoms with Crippen LogP contribution in [0.3, 0.4) is 0 Å². The van der Waals surface area contributed by atoms with Gasteiger partial charge in [-0.15, -0.1) is 0 Å². The van der Waals surface area contributed by atoms with Gasteiger partial charge in [-0.1, -0.05) is 30.3 Å². The van der Waals surface area contributed by atoms with Gasteiger partial charge in [-0.2, -0.15) is 5.10 Å². The van der Waals surface area contributed by atoms with Gasteiger partial charge in [0.15, 0.2) is 0 Å². The van der Waals surface area contributed by atoms with Crippen molar-refractivity contribution in [3.63, 3.8) is 0 Å². The Balaban J connectivity index is 1.45. The molecule has 3 heterocycles. The lowest BCUT2D eigenvalue weighted by Crippen LogP contribution is -2.33. The molecule has 1 N–H and O–H groups in total. The van der Waals surface area contributed by atoms with Crippen LogP contribution in [0.2, 0.25) is 0 Å². The highest BCUT2D eigenvalue weighted by Gasteiger charge is 2.09. The number of pyridine rings is 1. The highest BCUT2D eigenvalue weighted by molar-refractivity contribution is 9.10. The molecule has 4 aromatic rings. The number of aromatic nitrogens is 4. The first-order chi connectivity index (χ1) is 13.6. The molecule has 0 aliphatic rings. The standard InChI is InChI=1S/C20H16BrN5O2/c21-15-6-8-18-23-16(12-25(18)11-15)10-22-19(27)13-26-20(28)9-7-17(24-26)14-4-2-1-3-5-14/h1-9,11-12H,10,13H2,(H,22,27). The number of rotatable bonds is 5. The highest BCUT2D eigenvalue weighted by atomic mass is 79.9. The van der Waals surface area contributed by atoms with Crippen molar-refractivity contribution in [3.05, 3.63) is 87.5 Å². The maximum atomic E-state index is 12.3. The fraction of sp³-hybridized carbons (Fsp3) is 0.100. The monoisotopic (exact) mass is 437 g/mol. The number of halogens is 1. The van der Waals surface area contributed by atoms with Crippen molar-refractivity contribution in [2.45, 2.75) is 13.1 Å². The lowest BCUT2D eigenvalue weighted by molar-refractivity contribution is -0.122. The second-order valence-corrected chi connectivity index (χ2v) is 7.12. The SMILES string of the molecule is O=C(Cn1nc(-c2ccccc2)ccc1=O)NCc1cn2cc(Br)ccc2n1. The fourth-order valence-corrected chi connectivity index (χ4v) is 3.16. The van der Waals surface area contributed by atoms with Gasteiger partial charge < -0.3 is 9.72 Å². The molecule has 0 atom stereocenters. The molecule has 0 unspecified atom stereocenters. The molecule has 1 amide bonds. The summed E-state index contributed by atoms with van der Waals surface area (Å²) in [5.74, 6) is -0.307. The zero-order valence-electron chi connectivity index (χ0n) is 14.7. The van der Waals surface area contributed by atoms with E-state index in [0.717, 1.165) is 21.4 Å². The quantitative estimate of drug-likeness (QED) is 0.520. The van der Waals surface area contributed by atoms with Gasteiger partial charge in [0.2, 0.25) is 5.91 Å². The molecule has 1 aromatic carbocycles. The molecule has 0 saturated heterocycles. The molecule has 0 fully saturated rings. The predicted octanol–water partition coefficient (Wildman–Crippen LogP) is 2.64. The van der Waals surface area contributed by atoms with Crippen molar-refractivity contribution in [2.75, 3.05) is 0 Å². The van der Waals surface area contributed by atoms with Crippen molar-refractivity contribution in [1.82, 2.24) is 24.5 Å². The summed E-state index contributed by atoms with van der Waals surface area (Å²) in [6, 6.07) is 16.4. The number of benzene rings is 1. The van der Waals surface area contributed by atoms with Crippen LogP contribution in [0.1, 0.15) is 5.69 Å². The van der Waals surface area contributed by atoms with E-state index in [1.165, 1.54) is 10.7 Å². The highest BCUT2D eigenvalue weighted by Crippen LogP contribution is 2.14. The van der Waals surface area contributed by atoms with Gasteiger partial charge in [-0.25, -0.2) is 9.67 Å². The van der Waals surface area contributed by atoms with Crippen LogP contribution in [0, 0.1) is 0 Å². The second-order valence-electron chi connectivity index (χ2n) is 6.20. The van der Waals surface area contributed by atoms with Crippen molar-refractivity contribution in [1.29, 1.82) is 0 Å². The summed E-state index contributed by atoms with van der Waals surface area (Å²) in [5, 5.41) is 7.08. The minimum Gasteiger partial charge on any atom is -0.349 e. The van der Waals surface area contributed by atoms with Gasteiger partial charge >= 0.3 is 0 Å². The maximum Gasteiger partial charge on any atom is 0.267 e. The van der Waals surface area contributed by atoms with Crippen molar-refractivity contribution >= 4 is 27.5 Å². The molecule has 4 rings (SSSR count). The third kappa shape index (κ3) is 4.01. The first-order valence-corrected chi connectivity index (χ1v) is 9.41. The van der Waals surface area contributed by atoms with Gasteiger partial charge in [0.05, 0.1) is 17.9 Å². The number of imidazole rings is 1. The Kier molecular flexibility index (Phi) is 5.03. The number of hydrogen-bond acceptors (Lipinski definition) is 4. The number of nitrogens with zero attached hydrogens (tertiary/aromatic N) is 4. The van der Waals surface area contributed by atoms with Crippen LogP contribution in [0.25, 0.3) is 16.9 Å². The van der Waals surface area contributed by atoms with Crippen LogP contribution in [0.15, 0.2) is 76.3 Å². The lowest BCUT2D eigenvalue weighted by Gasteiger charge is -2.07. The first-order valence-electron chi connectivity index (χ1n) is 8.62. The van der Waals surface area contributed by atoms with E-state index in [-0.39, 0.29) is 24.6 Å². The third-order valence-corrected chi connectivity index (χ3v) is 4.63. The van der Waals surface area contributed by atoms with Gasteiger partial charge in [0, 0.05) is 28.5 Å². The van der Waals surface area contributed by atoms with Crippen molar-refractivity contribution < 1.29 is 4.79 Å². The van der Waals surface area contributed by atoms with E-state index in [9.17, 15) is 9.59 Å². The Morgan fingerprint density at radius 1 is 1.04 bits per heavy atom. The molecular formula is C20H16BrN5O2. The van der Waals surface area contributed by atoms with Gasteiger partial charge in [-0.05, 0) is 34.1 Å². The summed E-state index contributed by atoms with van der Waals surface area (Å²) in [4.78, 5) is 28.8. The van der Waals surface area contributed by atoms with Crippen LogP contribution in [0.4, 0.5) is 0 Å². The largest absolute Gasteiger partial charge is 0.349 e. The third-order valence-electron chi connectivity index (χ3n) is 4.16. The van der Waals surface area contributed by atoms with Crippen molar-refractivity contribution in [3.8, 4) is 11.3 Å². The topological polar surface area (TPSA) is 81.3 Å². The lowest BCUT2D eigenvalue weighted by atomic mass is 10.1. The average Bonchev–Trinajstić information content (AvgIpc) is 3.11. The van der Waals surface area contributed by atoms with Crippen LogP contribution in [-0.4, -0.2) is 25.1 Å². The van der Waals surface area contributed by atoms with E-state index in [1.54, 1.807) is 6.07 Å². The Labute approximate surface area is 168 Å². The Morgan fingerprint density at radius 2 is 1.86 bits per heavy atom. The number of hydrogen-bond donors (Lipinski definition) is 1. The molecule has 140 valence electrons. The molecule has 0 saturated carbocycles. The van der Waals surface area contributed by atoms with E-state index >= 15 is 0 Å². The van der Waals surface area contributed by atoms with Crippen LogP contribution >= 0.6 is 15.9 Å². The van der Waals surface area contributed by atoms with Crippen LogP contribution in [-0.2, 0) is 17.9 Å². The molecule has 7 nitrogen and oxygen atoms in total. The van der Waals surface area contributed by atoms with Crippen LogP contribution in [0.5, 0.6) is 0 Å². The minimum atomic E-state index is -0.326. The van der Waals surface area contributed by atoms with E-state index in [1.807, 2.05) is 59.3 Å². The van der Waals surface area contributed by atoms with E-state index in [2.05, 4.69) is 31.3 Å². The van der Waals surface area contributed by atoms with Gasteiger partial charge in [0.1, 0.15) is 12.2 Å². The fourth-order valence-electron chi connectivity index (χ4n) is 2.81. The molecule has 0 radical (unpaired) electrons. The molecule has 28 heavy (non-hydrogen) atoms. The predicted molar refractivity (Wildman–Crippen MR) is 109 cm³/mol. The number of fused-ring (bicyclic) bond motifs is 1. The molecule has 0 bridgehead atoms. The van der Waals surface area contributed by atoms with E-state index in [0.29, 0.717) is 5.69 Å². The summed E-state index contributed by atoms with van der Waals surface area (Å²) >= 11 is 3.41. The smallest absolute Gasteiger partial charge is 0.267 e. The van der Waals surface area contributed by atoms with Crippen LogP contribution < -0.4 is 10.9 Å². The Bertz CT molecular complexity index is 1200. The maximum absolute atomic E-state index is 12.3. The molecule has 0 aliphatic carbocycles. The minimum absolute atomic E-state index is 0.154. The van der Waals surface area contributed by atoms with Gasteiger partial charge in [-0.3, -0.25) is 9.59 Å². The molecule has 0 spiro atoms.